The van der Waals surface area contributed by atoms with Gasteiger partial charge in [-0.15, -0.1) is 0 Å². The number of benzene rings is 1. The molecule has 2 fully saturated rings. The molecule has 25 heavy (non-hydrogen) atoms. The Morgan fingerprint density at radius 2 is 1.92 bits per heavy atom. The summed E-state index contributed by atoms with van der Waals surface area (Å²) in [5, 5.41) is 13.2. The van der Waals surface area contributed by atoms with Gasteiger partial charge in [-0.3, -0.25) is 4.90 Å². The third-order valence-corrected chi connectivity index (χ3v) is 6.79. The van der Waals surface area contributed by atoms with E-state index < -0.39 is 0 Å². The van der Waals surface area contributed by atoms with Crippen LogP contribution in [0.5, 0.6) is 11.5 Å². The van der Waals surface area contributed by atoms with E-state index >= 15 is 0 Å². The van der Waals surface area contributed by atoms with Crippen LogP contribution in [0.1, 0.15) is 56.2 Å². The standard InChI is InChI=1S/C20H28N2O3/c1-20-9-7-15-14-12-17(25-3)16(24-2)11-13(14)8-10-22(15)19(20)6-4-5-18(20)21-23/h11-12,15,19,23H,4-10H2,1-3H3/b21-18-/t15-,19-,20+/m0/s1. The number of hydrogen-bond acceptors (Lipinski definition) is 5. The van der Waals surface area contributed by atoms with Crippen molar-refractivity contribution in [2.45, 2.75) is 57.5 Å². The summed E-state index contributed by atoms with van der Waals surface area (Å²) in [6.45, 7) is 3.36. The Hall–Kier alpha value is -1.75. The highest BCUT2D eigenvalue weighted by Crippen LogP contribution is 2.52. The molecule has 5 heteroatoms. The second-order valence-electron chi connectivity index (χ2n) is 7.82. The average Bonchev–Trinajstić information content (AvgIpc) is 2.65. The number of hydrogen-bond donors (Lipinski definition) is 1. The fourth-order valence-electron chi connectivity index (χ4n) is 5.44. The largest absolute Gasteiger partial charge is 0.493 e. The summed E-state index contributed by atoms with van der Waals surface area (Å²) in [7, 11) is 3.40. The minimum absolute atomic E-state index is 0.0115. The number of rotatable bonds is 2. The van der Waals surface area contributed by atoms with E-state index in [1.165, 1.54) is 17.5 Å². The quantitative estimate of drug-likeness (QED) is 0.655. The van der Waals surface area contributed by atoms with Crippen LogP contribution in [-0.2, 0) is 6.42 Å². The van der Waals surface area contributed by atoms with Crippen molar-refractivity contribution in [2.75, 3.05) is 20.8 Å². The van der Waals surface area contributed by atoms with Gasteiger partial charge >= 0.3 is 0 Å². The van der Waals surface area contributed by atoms with E-state index in [-0.39, 0.29) is 5.41 Å². The molecule has 2 aliphatic heterocycles. The molecule has 0 spiro atoms. The van der Waals surface area contributed by atoms with Crippen molar-refractivity contribution in [3.8, 4) is 11.5 Å². The summed E-state index contributed by atoms with van der Waals surface area (Å²) in [5.41, 5.74) is 3.78. The monoisotopic (exact) mass is 344 g/mol. The van der Waals surface area contributed by atoms with Crippen molar-refractivity contribution in [1.82, 2.24) is 4.90 Å². The van der Waals surface area contributed by atoms with Gasteiger partial charge in [0.2, 0.25) is 0 Å². The highest BCUT2D eigenvalue weighted by Gasteiger charge is 2.51. The molecule has 1 aromatic rings. The summed E-state index contributed by atoms with van der Waals surface area (Å²) in [6, 6.07) is 5.23. The van der Waals surface area contributed by atoms with Crippen molar-refractivity contribution in [3.05, 3.63) is 23.3 Å². The lowest BCUT2D eigenvalue weighted by Crippen LogP contribution is -2.58. The number of fused-ring (bicyclic) bond motifs is 5. The maximum Gasteiger partial charge on any atom is 0.161 e. The molecule has 2 heterocycles. The van der Waals surface area contributed by atoms with Crippen LogP contribution in [-0.4, -0.2) is 42.6 Å². The van der Waals surface area contributed by atoms with Gasteiger partial charge in [0, 0.05) is 24.0 Å². The number of oxime groups is 1. The zero-order valence-electron chi connectivity index (χ0n) is 15.4. The van der Waals surface area contributed by atoms with Crippen molar-refractivity contribution in [1.29, 1.82) is 0 Å². The fraction of sp³-hybridized carbons (Fsp3) is 0.650. The first-order valence-corrected chi connectivity index (χ1v) is 9.34. The molecule has 1 saturated heterocycles. The second-order valence-corrected chi connectivity index (χ2v) is 7.82. The zero-order valence-corrected chi connectivity index (χ0v) is 15.4. The van der Waals surface area contributed by atoms with Gasteiger partial charge in [-0.25, -0.2) is 0 Å². The molecule has 1 saturated carbocycles. The van der Waals surface area contributed by atoms with E-state index in [1.807, 2.05) is 0 Å². The smallest absolute Gasteiger partial charge is 0.161 e. The Kier molecular flexibility index (Phi) is 4.14. The predicted molar refractivity (Wildman–Crippen MR) is 96.9 cm³/mol. The van der Waals surface area contributed by atoms with E-state index in [1.54, 1.807) is 14.2 Å². The van der Waals surface area contributed by atoms with Crippen molar-refractivity contribution in [3.63, 3.8) is 0 Å². The van der Waals surface area contributed by atoms with Gasteiger partial charge in [0.05, 0.1) is 19.9 Å². The van der Waals surface area contributed by atoms with Gasteiger partial charge in [-0.05, 0) is 61.8 Å². The molecule has 4 rings (SSSR count). The Morgan fingerprint density at radius 1 is 1.16 bits per heavy atom. The lowest BCUT2D eigenvalue weighted by molar-refractivity contribution is -0.00236. The topological polar surface area (TPSA) is 54.3 Å². The Morgan fingerprint density at radius 3 is 2.64 bits per heavy atom. The van der Waals surface area contributed by atoms with Gasteiger partial charge in [-0.2, -0.15) is 0 Å². The van der Waals surface area contributed by atoms with Crippen molar-refractivity contribution >= 4 is 5.71 Å². The molecule has 136 valence electrons. The first-order valence-electron chi connectivity index (χ1n) is 9.34. The summed E-state index contributed by atoms with van der Waals surface area (Å²) < 4.78 is 11.0. The van der Waals surface area contributed by atoms with E-state index in [4.69, 9.17) is 9.47 Å². The lowest BCUT2D eigenvalue weighted by atomic mass is 9.62. The van der Waals surface area contributed by atoms with Crippen LogP contribution in [0.4, 0.5) is 0 Å². The van der Waals surface area contributed by atoms with E-state index in [9.17, 15) is 5.21 Å². The van der Waals surface area contributed by atoms with Gasteiger partial charge in [0.25, 0.3) is 0 Å². The summed E-state index contributed by atoms with van der Waals surface area (Å²) in [4.78, 5) is 2.67. The Balaban J connectivity index is 1.72. The maximum atomic E-state index is 9.51. The first kappa shape index (κ1) is 16.7. The molecule has 0 radical (unpaired) electrons. The van der Waals surface area contributed by atoms with Crippen LogP contribution in [0.3, 0.4) is 0 Å². The van der Waals surface area contributed by atoms with Gasteiger partial charge in [0.15, 0.2) is 11.5 Å². The Bertz CT molecular complexity index is 702. The molecule has 5 nitrogen and oxygen atoms in total. The Labute approximate surface area is 149 Å². The number of methoxy groups -OCH3 is 2. The first-order chi connectivity index (χ1) is 12.1. The molecule has 0 aromatic heterocycles. The van der Waals surface area contributed by atoms with Crippen LogP contribution >= 0.6 is 0 Å². The minimum atomic E-state index is 0.0115. The average molecular weight is 344 g/mol. The van der Waals surface area contributed by atoms with E-state index in [2.05, 4.69) is 29.1 Å². The highest BCUT2D eigenvalue weighted by molar-refractivity contribution is 5.91. The highest BCUT2D eigenvalue weighted by atomic mass is 16.5. The molecular weight excluding hydrogens is 316 g/mol. The molecular formula is C20H28N2O3. The minimum Gasteiger partial charge on any atom is -0.493 e. The molecule has 3 aliphatic rings. The normalized spacial score (nSPS) is 33.3. The van der Waals surface area contributed by atoms with Gasteiger partial charge in [-0.1, -0.05) is 12.1 Å². The van der Waals surface area contributed by atoms with Crippen molar-refractivity contribution in [2.24, 2.45) is 10.6 Å². The van der Waals surface area contributed by atoms with Crippen LogP contribution in [0.25, 0.3) is 0 Å². The van der Waals surface area contributed by atoms with E-state index in [0.29, 0.717) is 12.1 Å². The fourth-order valence-corrected chi connectivity index (χ4v) is 5.44. The molecule has 0 bridgehead atoms. The summed E-state index contributed by atoms with van der Waals surface area (Å²) >= 11 is 0. The van der Waals surface area contributed by atoms with Crippen molar-refractivity contribution < 1.29 is 14.7 Å². The third-order valence-electron chi connectivity index (χ3n) is 6.79. The molecule has 0 unspecified atom stereocenters. The van der Waals surface area contributed by atoms with Crippen LogP contribution in [0, 0.1) is 5.41 Å². The van der Waals surface area contributed by atoms with Crippen LogP contribution in [0.15, 0.2) is 17.3 Å². The zero-order chi connectivity index (χ0) is 17.6. The second kappa shape index (κ2) is 6.20. The molecule has 0 amide bonds. The van der Waals surface area contributed by atoms with Crippen LogP contribution in [0.2, 0.25) is 0 Å². The molecule has 1 N–H and O–H groups in total. The number of ether oxygens (including phenoxy) is 2. The predicted octanol–water partition coefficient (Wildman–Crippen LogP) is 3.79. The maximum absolute atomic E-state index is 9.51. The third kappa shape index (κ3) is 2.43. The molecule has 1 aromatic carbocycles. The summed E-state index contributed by atoms with van der Waals surface area (Å²) in [5.74, 6) is 1.64. The summed E-state index contributed by atoms with van der Waals surface area (Å²) in [6.07, 6.45) is 6.44. The van der Waals surface area contributed by atoms with Crippen LogP contribution < -0.4 is 9.47 Å². The van der Waals surface area contributed by atoms with Gasteiger partial charge < -0.3 is 14.7 Å². The number of nitrogens with zero attached hydrogens (tertiary/aromatic N) is 2. The SMILES string of the molecule is COc1cc2c(cc1OC)[C@@H]1CC[C@]3(C)/C(=N\O)CCC[C@@H]3N1CC2. The molecule has 1 aliphatic carbocycles. The lowest BCUT2D eigenvalue weighted by Gasteiger charge is -2.56. The van der Waals surface area contributed by atoms with E-state index in [0.717, 1.165) is 55.9 Å². The number of piperidine rings is 1. The molecule has 3 atom stereocenters. The van der Waals surface area contributed by atoms with Gasteiger partial charge in [0.1, 0.15) is 0 Å².